The predicted molar refractivity (Wildman–Crippen MR) is 101 cm³/mol. The largest absolute Gasteiger partial charge is 0.378 e. The minimum atomic E-state index is -3.85. The van der Waals surface area contributed by atoms with Crippen molar-refractivity contribution in [2.24, 2.45) is 0 Å². The summed E-state index contributed by atoms with van der Waals surface area (Å²) in [7, 11) is 0.0454. The fraction of sp³-hybridized carbons (Fsp3) is 0.111. The lowest BCUT2D eigenvalue weighted by molar-refractivity contribution is 0.603. The fourth-order valence-corrected chi connectivity index (χ4v) is 4.45. The first-order valence-corrected chi connectivity index (χ1v) is 9.71. The van der Waals surface area contributed by atoms with E-state index in [-0.39, 0.29) is 9.80 Å². The van der Waals surface area contributed by atoms with Gasteiger partial charge in [0.05, 0.1) is 15.1 Å². The van der Waals surface area contributed by atoms with Crippen molar-refractivity contribution >= 4 is 43.2 Å². The number of nitriles is 1. The first kappa shape index (κ1) is 17.1. The third-order valence-electron chi connectivity index (χ3n) is 3.61. The van der Waals surface area contributed by atoms with Crippen LogP contribution in [0.25, 0.3) is 16.3 Å². The van der Waals surface area contributed by atoms with Crippen LogP contribution in [0.2, 0.25) is 0 Å². The number of fused-ring (bicyclic) bond motifs is 1. The highest BCUT2D eigenvalue weighted by atomic mass is 32.2. The molecule has 126 valence electrons. The molecule has 0 atom stereocenters. The van der Waals surface area contributed by atoms with Crippen LogP contribution in [0, 0.1) is 11.3 Å². The normalized spacial score (nSPS) is 12.1. The van der Waals surface area contributed by atoms with Gasteiger partial charge in [0, 0.05) is 25.9 Å². The van der Waals surface area contributed by atoms with Crippen molar-refractivity contribution in [2.75, 3.05) is 19.0 Å². The Balaban J connectivity index is 2.06. The average Bonchev–Trinajstić information content (AvgIpc) is 3.01. The minimum absolute atomic E-state index is 0.0961. The van der Waals surface area contributed by atoms with Crippen molar-refractivity contribution in [3.05, 3.63) is 58.4 Å². The SMILES string of the molecule is CN(C)c1ccc2nc(/C=C(\C#N)S(=O)(=O)c3ccccc3)sc2c1. The van der Waals surface area contributed by atoms with E-state index in [1.165, 1.54) is 29.5 Å². The number of anilines is 1. The molecule has 0 aliphatic carbocycles. The van der Waals surface area contributed by atoms with Crippen LogP contribution in [0.15, 0.2) is 58.3 Å². The molecule has 0 spiro atoms. The lowest BCUT2D eigenvalue weighted by atomic mass is 10.3. The van der Waals surface area contributed by atoms with Crippen LogP contribution in [0.4, 0.5) is 5.69 Å². The highest BCUT2D eigenvalue weighted by Gasteiger charge is 2.21. The van der Waals surface area contributed by atoms with Crippen LogP contribution < -0.4 is 4.90 Å². The van der Waals surface area contributed by atoms with Gasteiger partial charge in [0.1, 0.15) is 11.1 Å². The van der Waals surface area contributed by atoms with Crippen molar-refractivity contribution in [3.8, 4) is 6.07 Å². The molecule has 1 aromatic heterocycles. The molecule has 0 amide bonds. The summed E-state index contributed by atoms with van der Waals surface area (Å²) in [5.41, 5.74) is 1.81. The molecule has 0 N–H and O–H groups in total. The van der Waals surface area contributed by atoms with Gasteiger partial charge in [-0.15, -0.1) is 11.3 Å². The van der Waals surface area contributed by atoms with E-state index >= 15 is 0 Å². The van der Waals surface area contributed by atoms with Crippen LogP contribution in [0.3, 0.4) is 0 Å². The number of allylic oxidation sites excluding steroid dienone is 1. The van der Waals surface area contributed by atoms with Crippen molar-refractivity contribution in [2.45, 2.75) is 4.90 Å². The Bertz CT molecular complexity index is 1090. The molecule has 0 aliphatic rings. The molecule has 2 aromatic carbocycles. The maximum absolute atomic E-state index is 12.6. The third kappa shape index (κ3) is 3.40. The number of nitrogens with zero attached hydrogens (tertiary/aromatic N) is 3. The number of rotatable bonds is 4. The van der Waals surface area contributed by atoms with E-state index in [1.54, 1.807) is 24.3 Å². The smallest absolute Gasteiger partial charge is 0.216 e. The second-order valence-corrected chi connectivity index (χ2v) is 8.52. The molecule has 25 heavy (non-hydrogen) atoms. The van der Waals surface area contributed by atoms with Gasteiger partial charge >= 0.3 is 0 Å². The number of hydrogen-bond acceptors (Lipinski definition) is 6. The Morgan fingerprint density at radius 3 is 2.56 bits per heavy atom. The van der Waals surface area contributed by atoms with Gasteiger partial charge in [-0.3, -0.25) is 0 Å². The van der Waals surface area contributed by atoms with E-state index < -0.39 is 9.84 Å². The summed E-state index contributed by atoms with van der Waals surface area (Å²) in [6.07, 6.45) is 1.34. The third-order valence-corrected chi connectivity index (χ3v) is 6.26. The second-order valence-electron chi connectivity index (χ2n) is 5.54. The van der Waals surface area contributed by atoms with Gasteiger partial charge in [-0.25, -0.2) is 13.4 Å². The summed E-state index contributed by atoms with van der Waals surface area (Å²) in [5, 5.41) is 9.84. The Hall–Kier alpha value is -2.69. The molecule has 0 saturated carbocycles. The number of hydrogen-bond donors (Lipinski definition) is 0. The fourth-order valence-electron chi connectivity index (χ4n) is 2.28. The Kier molecular flexibility index (Phi) is 4.57. The van der Waals surface area contributed by atoms with Gasteiger partial charge in [-0.2, -0.15) is 5.26 Å². The number of thiazole rings is 1. The van der Waals surface area contributed by atoms with Crippen molar-refractivity contribution in [1.82, 2.24) is 4.98 Å². The van der Waals surface area contributed by atoms with Crippen LogP contribution in [-0.2, 0) is 9.84 Å². The number of benzene rings is 2. The molecule has 3 aromatic rings. The lowest BCUT2D eigenvalue weighted by Crippen LogP contribution is -2.07. The molecule has 7 heteroatoms. The monoisotopic (exact) mass is 369 g/mol. The average molecular weight is 369 g/mol. The van der Waals surface area contributed by atoms with Crippen LogP contribution >= 0.6 is 11.3 Å². The summed E-state index contributed by atoms with van der Waals surface area (Å²) in [5.74, 6) is 0. The van der Waals surface area contributed by atoms with Crippen LogP contribution in [0.5, 0.6) is 0 Å². The first-order valence-electron chi connectivity index (χ1n) is 7.41. The molecule has 0 aliphatic heterocycles. The molecule has 0 unspecified atom stereocenters. The first-order chi connectivity index (χ1) is 11.9. The van der Waals surface area contributed by atoms with Gasteiger partial charge in [0.2, 0.25) is 9.84 Å². The van der Waals surface area contributed by atoms with E-state index in [0.29, 0.717) is 5.01 Å². The van der Waals surface area contributed by atoms with Gasteiger partial charge in [-0.1, -0.05) is 18.2 Å². The molecule has 1 heterocycles. The summed E-state index contributed by atoms with van der Waals surface area (Å²) >= 11 is 1.35. The Morgan fingerprint density at radius 1 is 1.20 bits per heavy atom. The summed E-state index contributed by atoms with van der Waals surface area (Å²) in [4.78, 5) is 6.18. The highest BCUT2D eigenvalue weighted by Crippen LogP contribution is 2.29. The molecule has 0 fully saturated rings. The number of sulfone groups is 1. The van der Waals surface area contributed by atoms with Gasteiger partial charge < -0.3 is 4.90 Å². The zero-order valence-corrected chi connectivity index (χ0v) is 15.3. The standard InChI is InChI=1S/C18H15N3O2S2/c1-21(2)13-8-9-16-17(10-13)24-18(20-16)11-15(12-19)25(22,23)14-6-4-3-5-7-14/h3-11H,1-2H3/b15-11+. The van der Waals surface area contributed by atoms with Gasteiger partial charge in [-0.05, 0) is 30.3 Å². The zero-order chi connectivity index (χ0) is 18.0. The maximum Gasteiger partial charge on any atom is 0.216 e. The van der Waals surface area contributed by atoms with Gasteiger partial charge in [0.25, 0.3) is 0 Å². The predicted octanol–water partition coefficient (Wildman–Crippen LogP) is 3.70. The van der Waals surface area contributed by atoms with Crippen molar-refractivity contribution < 1.29 is 8.42 Å². The van der Waals surface area contributed by atoms with E-state index in [1.807, 2.05) is 37.2 Å². The minimum Gasteiger partial charge on any atom is -0.378 e. The molecule has 0 radical (unpaired) electrons. The number of aromatic nitrogens is 1. The van der Waals surface area contributed by atoms with E-state index in [9.17, 15) is 13.7 Å². The Labute approximate surface area is 150 Å². The topological polar surface area (TPSA) is 74.1 Å². The maximum atomic E-state index is 12.6. The van der Waals surface area contributed by atoms with E-state index in [0.717, 1.165) is 15.9 Å². The van der Waals surface area contributed by atoms with E-state index in [2.05, 4.69) is 4.98 Å². The van der Waals surface area contributed by atoms with Crippen molar-refractivity contribution in [1.29, 1.82) is 5.26 Å². The molecule has 0 bridgehead atoms. The Morgan fingerprint density at radius 2 is 1.92 bits per heavy atom. The molecular formula is C18H15N3O2S2. The van der Waals surface area contributed by atoms with Gasteiger partial charge in [0.15, 0.2) is 4.91 Å². The van der Waals surface area contributed by atoms with Crippen molar-refractivity contribution in [3.63, 3.8) is 0 Å². The quantitative estimate of drug-likeness (QED) is 0.656. The molecule has 3 rings (SSSR count). The highest BCUT2D eigenvalue weighted by molar-refractivity contribution is 7.95. The lowest BCUT2D eigenvalue weighted by Gasteiger charge is -2.11. The summed E-state index contributed by atoms with van der Waals surface area (Å²) in [6.45, 7) is 0. The zero-order valence-electron chi connectivity index (χ0n) is 13.7. The summed E-state index contributed by atoms with van der Waals surface area (Å²) < 4.78 is 26.1. The second kappa shape index (κ2) is 6.67. The molecular weight excluding hydrogens is 354 g/mol. The van der Waals surface area contributed by atoms with Crippen LogP contribution in [0.1, 0.15) is 5.01 Å². The summed E-state index contributed by atoms with van der Waals surface area (Å²) in [6, 6.07) is 15.5. The molecule has 5 nitrogen and oxygen atoms in total. The molecule has 0 saturated heterocycles. The van der Waals surface area contributed by atoms with Crippen LogP contribution in [-0.4, -0.2) is 27.5 Å². The van der Waals surface area contributed by atoms with E-state index in [4.69, 9.17) is 0 Å².